The van der Waals surface area contributed by atoms with E-state index in [1.54, 1.807) is 0 Å². The number of carbonyl (C=O) groups excluding carboxylic acids is 2. The summed E-state index contributed by atoms with van der Waals surface area (Å²) < 4.78 is 0. The van der Waals surface area contributed by atoms with Crippen LogP contribution in [0, 0.1) is 5.41 Å². The second-order valence-corrected chi connectivity index (χ2v) is 8.17. The molecule has 0 aliphatic carbocycles. The molecule has 0 amide bonds. The number of aliphatic hydroxyl groups excluding tert-OH is 1. The van der Waals surface area contributed by atoms with Crippen LogP contribution in [0.5, 0.6) is 0 Å². The molecule has 0 radical (unpaired) electrons. The molecule has 0 aromatic carbocycles. The van der Waals surface area contributed by atoms with Crippen LogP contribution in [0.3, 0.4) is 0 Å². The smallest absolute Gasteiger partial charge is 0.141 e. The number of rotatable bonds is 19. The van der Waals surface area contributed by atoms with Crippen LogP contribution in [0.1, 0.15) is 124 Å². The van der Waals surface area contributed by atoms with E-state index in [0.717, 1.165) is 12.8 Å². The van der Waals surface area contributed by atoms with Gasteiger partial charge in [-0.25, -0.2) is 0 Å². The number of Topliss-reactive ketones (excluding diaryl/α,β-unsaturated/α-hetero) is 2. The van der Waals surface area contributed by atoms with Crippen molar-refractivity contribution in [3.05, 3.63) is 0 Å². The first-order chi connectivity index (χ1) is 12.5. The molecule has 1 N–H and O–H groups in total. The first-order valence-corrected chi connectivity index (χ1v) is 11.2. The first-order valence-electron chi connectivity index (χ1n) is 11.2. The highest BCUT2D eigenvalue weighted by Gasteiger charge is 2.32. The summed E-state index contributed by atoms with van der Waals surface area (Å²) in [5.74, 6) is 0.221. The zero-order valence-electron chi connectivity index (χ0n) is 17.8. The Balaban J connectivity index is 3.63. The molecule has 0 aromatic heterocycles. The number of unbranched alkanes of at least 4 members (excludes halogenated alkanes) is 11. The molecule has 0 bridgehead atoms. The van der Waals surface area contributed by atoms with Crippen molar-refractivity contribution in [2.45, 2.75) is 124 Å². The van der Waals surface area contributed by atoms with Gasteiger partial charge in [0.2, 0.25) is 0 Å². The van der Waals surface area contributed by atoms with Crippen LogP contribution in [-0.4, -0.2) is 23.3 Å². The molecule has 0 spiro atoms. The van der Waals surface area contributed by atoms with E-state index in [1.807, 2.05) is 13.8 Å². The Kier molecular flexibility index (Phi) is 16.0. The number of ketones is 2. The lowest BCUT2D eigenvalue weighted by Gasteiger charge is -2.25. The lowest BCUT2D eigenvalue weighted by Crippen LogP contribution is -2.30. The van der Waals surface area contributed by atoms with Crippen LogP contribution in [-0.2, 0) is 9.59 Å². The van der Waals surface area contributed by atoms with E-state index in [-0.39, 0.29) is 24.6 Å². The van der Waals surface area contributed by atoms with Crippen LogP contribution in [0.4, 0.5) is 0 Å². The van der Waals surface area contributed by atoms with Gasteiger partial charge < -0.3 is 5.11 Å². The Morgan fingerprint density at radius 3 is 1.62 bits per heavy atom. The maximum atomic E-state index is 12.2. The number of hydrogen-bond acceptors (Lipinski definition) is 3. The second-order valence-electron chi connectivity index (χ2n) is 8.17. The van der Waals surface area contributed by atoms with Crippen LogP contribution < -0.4 is 0 Å². The average Bonchev–Trinajstić information content (AvgIpc) is 2.62. The van der Waals surface area contributed by atoms with E-state index in [9.17, 15) is 9.59 Å². The molecule has 0 fully saturated rings. The number of carbonyl (C=O) groups is 2. The molecule has 26 heavy (non-hydrogen) atoms. The van der Waals surface area contributed by atoms with E-state index in [0.29, 0.717) is 19.3 Å². The van der Waals surface area contributed by atoms with E-state index >= 15 is 0 Å². The highest BCUT2D eigenvalue weighted by Crippen LogP contribution is 2.29. The molecule has 3 nitrogen and oxygen atoms in total. The normalized spacial score (nSPS) is 13.5. The van der Waals surface area contributed by atoms with Crippen molar-refractivity contribution in [3.63, 3.8) is 0 Å². The Morgan fingerprint density at radius 2 is 1.19 bits per heavy atom. The third kappa shape index (κ3) is 12.6. The summed E-state index contributed by atoms with van der Waals surface area (Å²) in [5.41, 5.74) is -0.586. The van der Waals surface area contributed by atoms with E-state index < -0.39 is 5.41 Å². The van der Waals surface area contributed by atoms with Gasteiger partial charge in [0.05, 0.1) is 0 Å². The zero-order chi connectivity index (χ0) is 19.7. The average molecular weight is 369 g/mol. The predicted octanol–water partition coefficient (Wildman–Crippen LogP) is 6.40. The van der Waals surface area contributed by atoms with Crippen molar-refractivity contribution in [1.82, 2.24) is 0 Å². The lowest BCUT2D eigenvalue weighted by atomic mass is 9.77. The van der Waals surface area contributed by atoms with Gasteiger partial charge in [-0.3, -0.25) is 9.59 Å². The predicted molar refractivity (Wildman–Crippen MR) is 110 cm³/mol. The van der Waals surface area contributed by atoms with E-state index in [1.165, 1.54) is 64.2 Å². The fourth-order valence-electron chi connectivity index (χ4n) is 3.51. The van der Waals surface area contributed by atoms with E-state index in [4.69, 9.17) is 5.11 Å². The molecular weight excluding hydrogens is 324 g/mol. The van der Waals surface area contributed by atoms with Gasteiger partial charge in [0, 0.05) is 31.3 Å². The van der Waals surface area contributed by atoms with Gasteiger partial charge >= 0.3 is 0 Å². The van der Waals surface area contributed by atoms with Gasteiger partial charge in [0.15, 0.2) is 0 Å². The van der Waals surface area contributed by atoms with Gasteiger partial charge in [0.25, 0.3) is 0 Å². The minimum absolute atomic E-state index is 0.0190. The topological polar surface area (TPSA) is 54.4 Å². The summed E-state index contributed by atoms with van der Waals surface area (Å²) in [6.45, 7) is 5.95. The molecule has 0 aliphatic rings. The SMILES string of the molecule is CCCCCCCCCCCCCCC(=O)CC(C)(CC)C(=O)CCO. The summed E-state index contributed by atoms with van der Waals surface area (Å²) in [5, 5.41) is 8.95. The van der Waals surface area contributed by atoms with Crippen LogP contribution in [0.25, 0.3) is 0 Å². The maximum Gasteiger partial charge on any atom is 0.141 e. The Morgan fingerprint density at radius 1 is 0.731 bits per heavy atom. The molecule has 3 heteroatoms. The highest BCUT2D eigenvalue weighted by atomic mass is 16.3. The molecule has 1 atom stereocenters. The third-order valence-electron chi connectivity index (χ3n) is 5.69. The quantitative estimate of drug-likeness (QED) is 0.268. The highest BCUT2D eigenvalue weighted by molar-refractivity contribution is 5.90. The van der Waals surface area contributed by atoms with Crippen LogP contribution >= 0.6 is 0 Å². The number of hydrogen-bond donors (Lipinski definition) is 1. The molecule has 0 saturated carbocycles. The zero-order valence-corrected chi connectivity index (χ0v) is 17.8. The monoisotopic (exact) mass is 368 g/mol. The van der Waals surface area contributed by atoms with Gasteiger partial charge in [0.1, 0.15) is 11.6 Å². The molecule has 0 heterocycles. The fraction of sp³-hybridized carbons (Fsp3) is 0.913. The molecule has 0 rings (SSSR count). The maximum absolute atomic E-state index is 12.2. The molecule has 154 valence electrons. The fourth-order valence-corrected chi connectivity index (χ4v) is 3.51. The van der Waals surface area contributed by atoms with Crippen molar-refractivity contribution >= 4 is 11.6 Å². The second kappa shape index (κ2) is 16.5. The van der Waals surface area contributed by atoms with Crippen molar-refractivity contribution in [3.8, 4) is 0 Å². The van der Waals surface area contributed by atoms with Crippen molar-refractivity contribution < 1.29 is 14.7 Å². The minimum Gasteiger partial charge on any atom is -0.396 e. The largest absolute Gasteiger partial charge is 0.396 e. The molecule has 0 aliphatic heterocycles. The Labute approximate surface area is 162 Å². The summed E-state index contributed by atoms with van der Waals surface area (Å²) in [6.07, 6.45) is 17.3. The minimum atomic E-state index is -0.586. The van der Waals surface area contributed by atoms with Gasteiger partial charge in [-0.05, 0) is 12.8 Å². The summed E-state index contributed by atoms with van der Waals surface area (Å²) in [6, 6.07) is 0. The van der Waals surface area contributed by atoms with Crippen molar-refractivity contribution in [2.75, 3.05) is 6.61 Å². The van der Waals surface area contributed by atoms with Gasteiger partial charge in [-0.2, -0.15) is 0 Å². The summed E-state index contributed by atoms with van der Waals surface area (Å²) >= 11 is 0. The van der Waals surface area contributed by atoms with Crippen molar-refractivity contribution in [2.24, 2.45) is 5.41 Å². The van der Waals surface area contributed by atoms with Crippen molar-refractivity contribution in [1.29, 1.82) is 0 Å². The molecular formula is C23H44O3. The Bertz CT molecular complexity index is 364. The summed E-state index contributed by atoms with van der Waals surface area (Å²) in [7, 11) is 0. The first kappa shape index (κ1) is 25.3. The lowest BCUT2D eigenvalue weighted by molar-refractivity contribution is -0.134. The van der Waals surface area contributed by atoms with Gasteiger partial charge in [-0.1, -0.05) is 91.4 Å². The van der Waals surface area contributed by atoms with E-state index in [2.05, 4.69) is 6.92 Å². The van der Waals surface area contributed by atoms with Crippen LogP contribution in [0.15, 0.2) is 0 Å². The third-order valence-corrected chi connectivity index (χ3v) is 5.69. The van der Waals surface area contributed by atoms with Gasteiger partial charge in [-0.15, -0.1) is 0 Å². The Hall–Kier alpha value is -0.700. The van der Waals surface area contributed by atoms with Crippen LogP contribution in [0.2, 0.25) is 0 Å². The molecule has 0 saturated heterocycles. The molecule has 1 unspecified atom stereocenters. The molecule has 0 aromatic rings. The standard InChI is InChI=1S/C23H44O3/c1-4-6-7-8-9-10-11-12-13-14-15-16-17-21(25)20-23(3,5-2)22(26)18-19-24/h24H,4-20H2,1-3H3. The number of aliphatic hydroxyl groups is 1. The summed E-state index contributed by atoms with van der Waals surface area (Å²) in [4.78, 5) is 24.3.